The maximum absolute atomic E-state index is 11.7. The lowest BCUT2D eigenvalue weighted by Gasteiger charge is -2.40. The molecule has 1 amide bonds. The van der Waals surface area contributed by atoms with Crippen LogP contribution in [0.4, 0.5) is 0 Å². The molecule has 0 bridgehead atoms. The van der Waals surface area contributed by atoms with Gasteiger partial charge in [0.05, 0.1) is 17.5 Å². The molecule has 1 aromatic rings. The first-order chi connectivity index (χ1) is 8.67. The Bertz CT molecular complexity index is 408. The summed E-state index contributed by atoms with van der Waals surface area (Å²) in [6.45, 7) is 1.04. The largest absolute Gasteiger partial charge is 0.376 e. The van der Waals surface area contributed by atoms with Crippen LogP contribution >= 0.6 is 0 Å². The minimum absolute atomic E-state index is 0.0909. The third kappa shape index (κ3) is 2.85. The molecule has 2 rings (SSSR count). The zero-order valence-electron chi connectivity index (χ0n) is 10.6. The van der Waals surface area contributed by atoms with Crippen LogP contribution in [0.3, 0.4) is 0 Å². The maximum Gasteiger partial charge on any atom is 0.241 e. The van der Waals surface area contributed by atoms with Gasteiger partial charge in [-0.25, -0.2) is 4.68 Å². The van der Waals surface area contributed by atoms with Crippen LogP contribution in [0.1, 0.15) is 25.0 Å². The van der Waals surface area contributed by atoms with Crippen LogP contribution in [0.25, 0.3) is 0 Å². The maximum atomic E-state index is 11.7. The fourth-order valence-electron chi connectivity index (χ4n) is 2.00. The third-order valence-corrected chi connectivity index (χ3v) is 3.41. The normalized spacial score (nSPS) is 17.2. The molecule has 0 aliphatic heterocycles. The SMILES string of the molecule is COC1(CNC(=O)Cn2cc(CN)nn2)CCC1. The fourth-order valence-corrected chi connectivity index (χ4v) is 2.00. The van der Waals surface area contributed by atoms with Gasteiger partial charge in [-0.15, -0.1) is 5.10 Å². The van der Waals surface area contributed by atoms with Gasteiger partial charge in [0.1, 0.15) is 6.54 Å². The summed E-state index contributed by atoms with van der Waals surface area (Å²) in [5.74, 6) is -0.0909. The Labute approximate surface area is 106 Å². The molecule has 1 aliphatic carbocycles. The van der Waals surface area contributed by atoms with Crippen molar-refractivity contribution in [3.05, 3.63) is 11.9 Å². The number of hydrogen-bond donors (Lipinski definition) is 2. The molecule has 0 radical (unpaired) electrons. The van der Waals surface area contributed by atoms with Crippen molar-refractivity contribution in [3.63, 3.8) is 0 Å². The predicted octanol–water partition coefficient (Wildman–Crippen LogP) is -0.578. The van der Waals surface area contributed by atoms with Crippen LogP contribution < -0.4 is 11.1 Å². The molecule has 0 unspecified atom stereocenters. The zero-order valence-corrected chi connectivity index (χ0v) is 10.6. The Morgan fingerprint density at radius 3 is 2.94 bits per heavy atom. The summed E-state index contributed by atoms with van der Waals surface area (Å²) in [7, 11) is 1.69. The van der Waals surface area contributed by atoms with Gasteiger partial charge >= 0.3 is 0 Å². The Morgan fingerprint density at radius 2 is 2.44 bits per heavy atom. The predicted molar refractivity (Wildman–Crippen MR) is 64.5 cm³/mol. The molecule has 100 valence electrons. The van der Waals surface area contributed by atoms with Gasteiger partial charge in [0.25, 0.3) is 0 Å². The molecule has 1 fully saturated rings. The Balaban J connectivity index is 1.78. The number of nitrogens with one attached hydrogen (secondary N) is 1. The van der Waals surface area contributed by atoms with Crippen LogP contribution in [0.2, 0.25) is 0 Å². The van der Waals surface area contributed by atoms with E-state index in [9.17, 15) is 4.79 Å². The highest BCUT2D eigenvalue weighted by molar-refractivity contribution is 5.75. The monoisotopic (exact) mass is 253 g/mol. The molecule has 7 heteroatoms. The van der Waals surface area contributed by atoms with Gasteiger partial charge in [-0.05, 0) is 19.3 Å². The second-order valence-electron chi connectivity index (χ2n) is 4.63. The average Bonchev–Trinajstić information content (AvgIpc) is 2.76. The van der Waals surface area contributed by atoms with Gasteiger partial charge in [0, 0.05) is 20.2 Å². The highest BCUT2D eigenvalue weighted by Crippen LogP contribution is 2.34. The van der Waals surface area contributed by atoms with Gasteiger partial charge in [0.15, 0.2) is 0 Å². The number of carbonyl (C=O) groups excluding carboxylic acids is 1. The molecule has 1 saturated carbocycles. The number of ether oxygens (including phenoxy) is 1. The third-order valence-electron chi connectivity index (χ3n) is 3.41. The lowest BCUT2D eigenvalue weighted by molar-refractivity contribution is -0.125. The second-order valence-corrected chi connectivity index (χ2v) is 4.63. The summed E-state index contributed by atoms with van der Waals surface area (Å²) < 4.78 is 6.91. The molecule has 0 atom stereocenters. The zero-order chi connectivity index (χ0) is 13.0. The summed E-state index contributed by atoms with van der Waals surface area (Å²) in [6.07, 6.45) is 4.84. The first kappa shape index (κ1) is 13.0. The number of nitrogens with two attached hydrogens (primary N) is 1. The first-order valence-corrected chi connectivity index (χ1v) is 6.08. The summed E-state index contributed by atoms with van der Waals surface area (Å²) in [4.78, 5) is 11.7. The summed E-state index contributed by atoms with van der Waals surface area (Å²) in [5, 5.41) is 10.5. The van der Waals surface area contributed by atoms with Crippen molar-refractivity contribution in [1.29, 1.82) is 0 Å². The van der Waals surface area contributed by atoms with Gasteiger partial charge in [0.2, 0.25) is 5.91 Å². The topological polar surface area (TPSA) is 95.1 Å². The van der Waals surface area contributed by atoms with Crippen LogP contribution in [0.15, 0.2) is 6.20 Å². The second kappa shape index (κ2) is 5.45. The molecule has 0 spiro atoms. The molecule has 1 aromatic heterocycles. The van der Waals surface area contributed by atoms with E-state index in [4.69, 9.17) is 10.5 Å². The quantitative estimate of drug-likeness (QED) is 0.707. The lowest BCUT2D eigenvalue weighted by Crippen LogP contribution is -2.49. The Morgan fingerprint density at radius 1 is 1.67 bits per heavy atom. The molecule has 18 heavy (non-hydrogen) atoms. The summed E-state index contributed by atoms with van der Waals surface area (Å²) >= 11 is 0. The number of aromatic nitrogens is 3. The minimum Gasteiger partial charge on any atom is -0.376 e. The van der Waals surface area contributed by atoms with Crippen molar-refractivity contribution in [2.45, 2.75) is 38.0 Å². The van der Waals surface area contributed by atoms with Gasteiger partial charge in [-0.1, -0.05) is 5.21 Å². The van der Waals surface area contributed by atoms with E-state index in [0.717, 1.165) is 19.3 Å². The molecular weight excluding hydrogens is 234 g/mol. The van der Waals surface area contributed by atoms with Crippen LogP contribution in [0.5, 0.6) is 0 Å². The lowest BCUT2D eigenvalue weighted by atomic mass is 9.80. The molecule has 1 aliphatic rings. The first-order valence-electron chi connectivity index (χ1n) is 6.08. The van der Waals surface area contributed by atoms with Gasteiger partial charge in [-0.3, -0.25) is 4.79 Å². The van der Waals surface area contributed by atoms with Crippen LogP contribution in [-0.4, -0.2) is 40.2 Å². The Kier molecular flexibility index (Phi) is 3.93. The van der Waals surface area contributed by atoms with Gasteiger partial charge in [-0.2, -0.15) is 0 Å². The van der Waals surface area contributed by atoms with E-state index >= 15 is 0 Å². The number of nitrogens with zero attached hydrogens (tertiary/aromatic N) is 3. The summed E-state index contributed by atoms with van der Waals surface area (Å²) in [5.41, 5.74) is 5.94. The van der Waals surface area contributed by atoms with Crippen LogP contribution in [-0.2, 0) is 22.6 Å². The van der Waals surface area contributed by atoms with Crippen molar-refractivity contribution >= 4 is 5.91 Å². The van der Waals surface area contributed by atoms with E-state index in [1.54, 1.807) is 13.3 Å². The Hall–Kier alpha value is -1.47. The van der Waals surface area contributed by atoms with E-state index in [0.29, 0.717) is 18.8 Å². The number of amides is 1. The van der Waals surface area contributed by atoms with Crippen molar-refractivity contribution < 1.29 is 9.53 Å². The molecule has 3 N–H and O–H groups in total. The smallest absolute Gasteiger partial charge is 0.241 e. The fraction of sp³-hybridized carbons (Fsp3) is 0.727. The number of hydrogen-bond acceptors (Lipinski definition) is 5. The van der Waals surface area contributed by atoms with E-state index in [2.05, 4.69) is 15.6 Å². The van der Waals surface area contributed by atoms with Crippen molar-refractivity contribution in [2.75, 3.05) is 13.7 Å². The summed E-state index contributed by atoms with van der Waals surface area (Å²) in [6, 6.07) is 0. The molecule has 1 heterocycles. The van der Waals surface area contributed by atoms with E-state index in [1.165, 1.54) is 4.68 Å². The highest BCUT2D eigenvalue weighted by atomic mass is 16.5. The number of methoxy groups -OCH3 is 1. The molecule has 7 nitrogen and oxygen atoms in total. The minimum atomic E-state index is -0.152. The highest BCUT2D eigenvalue weighted by Gasteiger charge is 2.37. The molecular formula is C11H19N5O2. The standard InChI is InChI=1S/C11H19N5O2/c1-18-11(3-2-4-11)8-13-10(17)7-16-6-9(5-12)14-15-16/h6H,2-5,7-8,12H2,1H3,(H,13,17). The van der Waals surface area contributed by atoms with Crippen LogP contribution in [0, 0.1) is 0 Å². The van der Waals surface area contributed by atoms with E-state index in [1.807, 2.05) is 0 Å². The van der Waals surface area contributed by atoms with E-state index in [-0.39, 0.29) is 18.1 Å². The number of rotatable bonds is 6. The van der Waals surface area contributed by atoms with Crippen molar-refractivity contribution in [3.8, 4) is 0 Å². The van der Waals surface area contributed by atoms with E-state index < -0.39 is 0 Å². The van der Waals surface area contributed by atoms with Crippen molar-refractivity contribution in [2.24, 2.45) is 5.73 Å². The number of carbonyl (C=O) groups is 1. The molecule has 0 saturated heterocycles. The van der Waals surface area contributed by atoms with Gasteiger partial charge < -0.3 is 15.8 Å². The van der Waals surface area contributed by atoms with Crippen molar-refractivity contribution in [1.82, 2.24) is 20.3 Å². The molecule has 0 aromatic carbocycles. The average molecular weight is 253 g/mol.